The number of carbonyl (C=O) groups is 2. The van der Waals surface area contributed by atoms with E-state index >= 15 is 0 Å². The van der Waals surface area contributed by atoms with Gasteiger partial charge in [0.2, 0.25) is 11.8 Å². The van der Waals surface area contributed by atoms with Crippen LogP contribution >= 0.6 is 0 Å². The molecule has 0 spiro atoms. The van der Waals surface area contributed by atoms with Crippen molar-refractivity contribution in [2.24, 2.45) is 5.92 Å². The lowest BCUT2D eigenvalue weighted by molar-refractivity contribution is -0.132. The van der Waals surface area contributed by atoms with Gasteiger partial charge in [-0.3, -0.25) is 9.59 Å². The van der Waals surface area contributed by atoms with E-state index in [1.165, 1.54) is 6.07 Å². The van der Waals surface area contributed by atoms with E-state index in [9.17, 15) is 18.4 Å². The molecule has 1 N–H and O–H groups in total. The first kappa shape index (κ1) is 15.9. The highest BCUT2D eigenvalue weighted by atomic mass is 19.1. The average Bonchev–Trinajstić information content (AvgIpc) is 2.89. The molecule has 5 nitrogen and oxygen atoms in total. The van der Waals surface area contributed by atoms with Crippen LogP contribution in [-0.2, 0) is 14.3 Å². The summed E-state index contributed by atoms with van der Waals surface area (Å²) in [6.45, 7) is 1.16. The Morgan fingerprint density at radius 3 is 2.65 bits per heavy atom. The molecule has 0 radical (unpaired) electrons. The second-order valence-corrected chi connectivity index (χ2v) is 5.82. The van der Waals surface area contributed by atoms with Gasteiger partial charge in [0.15, 0.2) is 0 Å². The molecule has 1 aromatic carbocycles. The summed E-state index contributed by atoms with van der Waals surface area (Å²) in [5.74, 6) is -2.56. The zero-order valence-corrected chi connectivity index (χ0v) is 12.6. The van der Waals surface area contributed by atoms with Gasteiger partial charge in [0.05, 0.1) is 12.5 Å². The van der Waals surface area contributed by atoms with Crippen LogP contribution in [0.15, 0.2) is 18.2 Å². The van der Waals surface area contributed by atoms with Crippen LogP contribution in [-0.4, -0.2) is 37.6 Å². The van der Waals surface area contributed by atoms with Gasteiger partial charge < -0.3 is 15.0 Å². The molecule has 3 rings (SSSR count). The van der Waals surface area contributed by atoms with Crippen molar-refractivity contribution < 1.29 is 23.1 Å². The maximum absolute atomic E-state index is 13.8. The summed E-state index contributed by atoms with van der Waals surface area (Å²) in [7, 11) is 0. The van der Waals surface area contributed by atoms with Gasteiger partial charge >= 0.3 is 0 Å². The van der Waals surface area contributed by atoms with Crippen LogP contribution in [0.4, 0.5) is 14.5 Å². The first-order valence-corrected chi connectivity index (χ1v) is 7.71. The van der Waals surface area contributed by atoms with E-state index < -0.39 is 23.6 Å². The Bertz CT molecular complexity index is 597. The maximum atomic E-state index is 13.8. The van der Waals surface area contributed by atoms with Gasteiger partial charge in [-0.05, 0) is 31.4 Å². The van der Waals surface area contributed by atoms with Crippen LogP contribution in [0.5, 0.6) is 0 Å². The fraction of sp³-hybridized carbons (Fsp3) is 0.500. The van der Waals surface area contributed by atoms with E-state index in [1.807, 2.05) is 0 Å². The topological polar surface area (TPSA) is 58.6 Å². The molecule has 0 aliphatic carbocycles. The number of amides is 2. The lowest BCUT2D eigenvalue weighted by Gasteiger charge is -2.23. The summed E-state index contributed by atoms with van der Waals surface area (Å²) in [5, 5.41) is 2.68. The summed E-state index contributed by atoms with van der Waals surface area (Å²) in [4.78, 5) is 25.6. The van der Waals surface area contributed by atoms with Crippen molar-refractivity contribution in [3.05, 3.63) is 29.8 Å². The fourth-order valence-corrected chi connectivity index (χ4v) is 3.02. The minimum Gasteiger partial charge on any atom is -0.381 e. The number of halogens is 2. The van der Waals surface area contributed by atoms with Crippen LogP contribution in [0.1, 0.15) is 19.3 Å². The third-order valence-corrected chi connectivity index (χ3v) is 4.26. The molecule has 23 heavy (non-hydrogen) atoms. The second-order valence-electron chi connectivity index (χ2n) is 5.82. The molecule has 2 fully saturated rings. The van der Waals surface area contributed by atoms with Crippen molar-refractivity contribution in [3.8, 4) is 0 Å². The van der Waals surface area contributed by atoms with Gasteiger partial charge in [0.1, 0.15) is 23.4 Å². The molecule has 0 saturated carbocycles. The molecule has 124 valence electrons. The van der Waals surface area contributed by atoms with Crippen LogP contribution in [0.2, 0.25) is 0 Å². The second kappa shape index (κ2) is 6.62. The molecule has 2 aliphatic heterocycles. The summed E-state index contributed by atoms with van der Waals surface area (Å²) in [6.07, 6.45) is 1.85. The third kappa shape index (κ3) is 3.19. The van der Waals surface area contributed by atoms with Crippen LogP contribution in [0, 0.1) is 17.6 Å². The molecule has 2 amide bonds. The molecule has 0 unspecified atom stereocenters. The van der Waals surface area contributed by atoms with E-state index in [-0.39, 0.29) is 24.1 Å². The molecule has 0 bridgehead atoms. The molecule has 0 aromatic heterocycles. The quantitative estimate of drug-likeness (QED) is 0.919. The highest BCUT2D eigenvalue weighted by Crippen LogP contribution is 2.27. The Kier molecular flexibility index (Phi) is 4.56. The Morgan fingerprint density at radius 2 is 2.00 bits per heavy atom. The predicted octanol–water partition coefficient (Wildman–Crippen LogP) is 1.61. The van der Waals surface area contributed by atoms with Crippen molar-refractivity contribution in [1.82, 2.24) is 5.32 Å². The highest BCUT2D eigenvalue weighted by Gasteiger charge is 2.37. The van der Waals surface area contributed by atoms with Crippen LogP contribution in [0.3, 0.4) is 0 Å². The molecular formula is C16H18F2N2O3. The normalized spacial score (nSPS) is 24.8. The first-order chi connectivity index (χ1) is 11.1. The number of hydrogen-bond acceptors (Lipinski definition) is 3. The number of nitrogens with one attached hydrogen (secondary N) is 1. The number of nitrogens with zero attached hydrogens (tertiary/aromatic N) is 1. The van der Waals surface area contributed by atoms with Crippen LogP contribution in [0.25, 0.3) is 0 Å². The summed E-state index contributed by atoms with van der Waals surface area (Å²) < 4.78 is 32.9. The van der Waals surface area contributed by atoms with E-state index in [4.69, 9.17) is 4.74 Å². The molecular weight excluding hydrogens is 306 g/mol. The van der Waals surface area contributed by atoms with E-state index in [0.717, 1.165) is 29.9 Å². The van der Waals surface area contributed by atoms with Crippen LogP contribution < -0.4 is 10.2 Å². The number of para-hydroxylation sites is 1. The van der Waals surface area contributed by atoms with E-state index in [0.29, 0.717) is 19.6 Å². The zero-order valence-electron chi connectivity index (χ0n) is 12.6. The number of hydrogen-bond donors (Lipinski definition) is 1. The number of ether oxygens (including phenoxy) is 1. The van der Waals surface area contributed by atoms with Crippen molar-refractivity contribution in [2.75, 3.05) is 24.7 Å². The van der Waals surface area contributed by atoms with Crippen molar-refractivity contribution >= 4 is 17.5 Å². The number of carbonyl (C=O) groups excluding carboxylic acids is 2. The monoisotopic (exact) mass is 324 g/mol. The Balaban J connectivity index is 1.68. The molecule has 7 heteroatoms. The minimum absolute atomic E-state index is 0.169. The highest BCUT2D eigenvalue weighted by molar-refractivity contribution is 6.01. The van der Waals surface area contributed by atoms with Gasteiger partial charge in [-0.1, -0.05) is 6.07 Å². The van der Waals surface area contributed by atoms with Gasteiger partial charge in [-0.15, -0.1) is 0 Å². The molecule has 2 atom stereocenters. The maximum Gasteiger partial charge on any atom is 0.249 e. The van der Waals surface area contributed by atoms with Crippen molar-refractivity contribution in [3.63, 3.8) is 0 Å². The van der Waals surface area contributed by atoms with Gasteiger partial charge in [0, 0.05) is 13.2 Å². The summed E-state index contributed by atoms with van der Waals surface area (Å²) in [6, 6.07) is 2.72. The number of rotatable bonds is 3. The lowest BCUT2D eigenvalue weighted by Crippen LogP contribution is -2.45. The van der Waals surface area contributed by atoms with E-state index in [2.05, 4.69) is 5.32 Å². The number of benzene rings is 1. The predicted molar refractivity (Wildman–Crippen MR) is 78.8 cm³/mol. The molecule has 2 saturated heterocycles. The smallest absolute Gasteiger partial charge is 0.249 e. The third-order valence-electron chi connectivity index (χ3n) is 4.26. The zero-order chi connectivity index (χ0) is 16.4. The first-order valence-electron chi connectivity index (χ1n) is 7.71. The summed E-state index contributed by atoms with van der Waals surface area (Å²) >= 11 is 0. The minimum atomic E-state index is -0.786. The summed E-state index contributed by atoms with van der Waals surface area (Å²) in [5.41, 5.74) is -0.352. The van der Waals surface area contributed by atoms with Gasteiger partial charge in [0.25, 0.3) is 0 Å². The van der Waals surface area contributed by atoms with Gasteiger partial charge in [-0.25, -0.2) is 8.78 Å². The lowest BCUT2D eigenvalue weighted by atomic mass is 10.0. The molecule has 2 aliphatic rings. The van der Waals surface area contributed by atoms with Crippen molar-refractivity contribution in [1.29, 1.82) is 0 Å². The Hall–Kier alpha value is -2.02. The number of anilines is 1. The average molecular weight is 324 g/mol. The standard InChI is InChI=1S/C16H18F2N2O3/c17-11-4-1-5-12(18)14(11)20-7-6-13(16(20)22)19-15(21)10-3-2-8-23-9-10/h1,4-5,10,13H,2-3,6-9H2,(H,19,21)/t10-,13-/m1/s1. The Morgan fingerprint density at radius 1 is 1.26 bits per heavy atom. The largest absolute Gasteiger partial charge is 0.381 e. The molecule has 2 heterocycles. The van der Waals surface area contributed by atoms with Gasteiger partial charge in [-0.2, -0.15) is 0 Å². The Labute approximate surface area is 132 Å². The van der Waals surface area contributed by atoms with E-state index in [1.54, 1.807) is 0 Å². The molecule has 1 aromatic rings. The fourth-order valence-electron chi connectivity index (χ4n) is 3.02. The van der Waals surface area contributed by atoms with Crippen molar-refractivity contribution in [2.45, 2.75) is 25.3 Å². The SMILES string of the molecule is O=C(N[C@@H]1CCN(c2c(F)cccc2F)C1=O)[C@@H]1CCCOC1.